The topological polar surface area (TPSA) is 125 Å². The molecule has 3 aromatic carbocycles. The lowest BCUT2D eigenvalue weighted by atomic mass is 10.2. The normalized spacial score (nSPS) is 11.8. The maximum absolute atomic E-state index is 13.2. The number of ether oxygens (including phenoxy) is 3. The van der Waals surface area contributed by atoms with Crippen LogP contribution in [0.25, 0.3) is 10.2 Å². The number of amides is 1. The van der Waals surface area contributed by atoms with Gasteiger partial charge in [0.1, 0.15) is 12.4 Å². The number of halogens is 1. The summed E-state index contributed by atoms with van der Waals surface area (Å²) in [5.74, 6) is -0.853. The molecule has 0 unspecified atom stereocenters. The molecule has 0 bridgehead atoms. The summed E-state index contributed by atoms with van der Waals surface area (Å²) in [7, 11) is -1.04. The predicted octanol–water partition coefficient (Wildman–Crippen LogP) is 3.96. The Labute approximate surface area is 227 Å². The molecule has 0 saturated carbocycles. The fraction of sp³-hybridized carbons (Fsp3) is 0.192. The monoisotopic (exact) mass is 573 g/mol. The van der Waals surface area contributed by atoms with Crippen LogP contribution in [0.2, 0.25) is 0 Å². The van der Waals surface area contributed by atoms with Crippen LogP contribution in [-0.2, 0) is 26.1 Å². The van der Waals surface area contributed by atoms with Gasteiger partial charge in [0, 0.05) is 23.4 Å². The zero-order chi connectivity index (χ0) is 28.2. The van der Waals surface area contributed by atoms with E-state index in [2.05, 4.69) is 9.71 Å². The van der Waals surface area contributed by atoms with E-state index in [9.17, 15) is 22.4 Å². The van der Waals surface area contributed by atoms with Crippen LogP contribution in [0.4, 0.5) is 10.1 Å². The third kappa shape index (κ3) is 6.26. The number of sulfonamides is 1. The van der Waals surface area contributed by atoms with Crippen molar-refractivity contribution in [3.8, 4) is 11.5 Å². The molecule has 1 amide bonds. The average Bonchev–Trinajstić information content (AvgIpc) is 3.23. The number of carbonyl (C=O) groups excluding carboxylic acids is 2. The van der Waals surface area contributed by atoms with Crippen molar-refractivity contribution < 1.29 is 36.6 Å². The van der Waals surface area contributed by atoms with Crippen molar-refractivity contribution in [1.82, 2.24) is 4.57 Å². The zero-order valence-electron chi connectivity index (χ0n) is 21.1. The third-order valence-corrected chi connectivity index (χ3v) is 7.90. The van der Waals surface area contributed by atoms with Crippen molar-refractivity contribution in [2.24, 2.45) is 4.99 Å². The molecule has 1 aromatic heterocycles. The van der Waals surface area contributed by atoms with E-state index in [-0.39, 0.29) is 34.1 Å². The number of fused-ring (bicyclic) bond motifs is 1. The number of thiazole rings is 1. The van der Waals surface area contributed by atoms with Gasteiger partial charge >= 0.3 is 5.97 Å². The highest BCUT2D eigenvalue weighted by atomic mass is 32.2. The van der Waals surface area contributed by atoms with E-state index < -0.39 is 27.7 Å². The number of hydrogen-bond donors (Lipinski definition) is 1. The summed E-state index contributed by atoms with van der Waals surface area (Å²) < 4.78 is 59.0. The minimum Gasteiger partial charge on any atom is -0.493 e. The van der Waals surface area contributed by atoms with Gasteiger partial charge in [-0.3, -0.25) is 14.3 Å². The largest absolute Gasteiger partial charge is 0.493 e. The summed E-state index contributed by atoms with van der Waals surface area (Å²) in [6.45, 7) is 1.67. The van der Waals surface area contributed by atoms with Crippen molar-refractivity contribution in [2.75, 3.05) is 25.5 Å². The van der Waals surface area contributed by atoms with Gasteiger partial charge < -0.3 is 18.8 Å². The molecule has 0 aliphatic heterocycles. The number of hydrogen-bond acceptors (Lipinski definition) is 8. The van der Waals surface area contributed by atoms with Crippen LogP contribution < -0.4 is 19.0 Å². The zero-order valence-corrected chi connectivity index (χ0v) is 22.8. The van der Waals surface area contributed by atoms with Crippen LogP contribution >= 0.6 is 11.3 Å². The van der Waals surface area contributed by atoms with Gasteiger partial charge in [-0.25, -0.2) is 12.8 Å². The Kier molecular flexibility index (Phi) is 8.31. The first-order chi connectivity index (χ1) is 18.6. The lowest BCUT2D eigenvalue weighted by Gasteiger charge is -2.09. The predicted molar refractivity (Wildman–Crippen MR) is 143 cm³/mol. The van der Waals surface area contributed by atoms with Gasteiger partial charge in [0.2, 0.25) is 0 Å². The highest BCUT2D eigenvalue weighted by Gasteiger charge is 2.18. The second-order valence-electron chi connectivity index (χ2n) is 8.01. The summed E-state index contributed by atoms with van der Waals surface area (Å²) in [5.41, 5.74) is 0.799. The lowest BCUT2D eigenvalue weighted by Crippen LogP contribution is -2.23. The molecule has 0 saturated heterocycles. The summed E-state index contributed by atoms with van der Waals surface area (Å²) in [6.07, 6.45) is 0. The molecule has 39 heavy (non-hydrogen) atoms. The van der Waals surface area contributed by atoms with Crippen molar-refractivity contribution in [3.63, 3.8) is 0 Å². The summed E-state index contributed by atoms with van der Waals surface area (Å²) >= 11 is 1.16. The molecule has 4 rings (SSSR count). The van der Waals surface area contributed by atoms with E-state index in [1.807, 2.05) is 0 Å². The molecule has 10 nitrogen and oxygen atoms in total. The van der Waals surface area contributed by atoms with Crippen LogP contribution in [0, 0.1) is 5.82 Å². The Morgan fingerprint density at radius 1 is 1.03 bits per heavy atom. The van der Waals surface area contributed by atoms with Gasteiger partial charge in [-0.2, -0.15) is 4.99 Å². The summed E-state index contributed by atoms with van der Waals surface area (Å²) in [4.78, 5) is 29.8. The quantitative estimate of drug-likeness (QED) is 0.301. The van der Waals surface area contributed by atoms with Crippen LogP contribution in [0.5, 0.6) is 11.5 Å². The van der Waals surface area contributed by atoms with Crippen LogP contribution in [-0.4, -0.2) is 45.7 Å². The molecule has 13 heteroatoms. The van der Waals surface area contributed by atoms with Crippen molar-refractivity contribution in [2.45, 2.75) is 18.4 Å². The molecule has 0 spiro atoms. The van der Waals surface area contributed by atoms with Crippen LogP contribution in [0.3, 0.4) is 0 Å². The molecular weight excluding hydrogens is 549 g/mol. The fourth-order valence-electron chi connectivity index (χ4n) is 3.67. The van der Waals surface area contributed by atoms with Gasteiger partial charge in [-0.1, -0.05) is 17.4 Å². The first-order valence-electron chi connectivity index (χ1n) is 11.5. The molecule has 0 aliphatic carbocycles. The molecule has 0 fully saturated rings. The van der Waals surface area contributed by atoms with Crippen molar-refractivity contribution in [3.05, 3.63) is 76.8 Å². The first-order valence-corrected chi connectivity index (χ1v) is 13.8. The Morgan fingerprint density at radius 2 is 1.72 bits per heavy atom. The van der Waals surface area contributed by atoms with Crippen molar-refractivity contribution >= 4 is 49.1 Å². The molecular formula is C26H24FN3O7S2. The molecule has 0 radical (unpaired) electrons. The van der Waals surface area contributed by atoms with E-state index in [1.54, 1.807) is 23.6 Å². The van der Waals surface area contributed by atoms with Gasteiger partial charge in [0.05, 0.1) is 35.9 Å². The first kappa shape index (κ1) is 27.8. The van der Waals surface area contributed by atoms with Crippen LogP contribution in [0.15, 0.2) is 70.6 Å². The molecule has 1 N–H and O–H groups in total. The van der Waals surface area contributed by atoms with E-state index in [0.717, 1.165) is 35.6 Å². The van der Waals surface area contributed by atoms with Gasteiger partial charge in [-0.05, 0) is 49.4 Å². The molecule has 204 valence electrons. The lowest BCUT2D eigenvalue weighted by molar-refractivity contribution is -0.143. The number of esters is 1. The number of anilines is 1. The van der Waals surface area contributed by atoms with E-state index in [1.165, 1.54) is 38.5 Å². The summed E-state index contributed by atoms with van der Waals surface area (Å²) in [6, 6.07) is 13.5. The van der Waals surface area contributed by atoms with Gasteiger partial charge in [0.15, 0.2) is 16.3 Å². The number of aromatic nitrogens is 1. The van der Waals surface area contributed by atoms with Crippen LogP contribution in [0.1, 0.15) is 17.3 Å². The standard InChI is InChI=1S/C26H24FN3O7S2/c1-4-37-24(31)15-30-20-13-21(35-2)22(36-3)14-23(20)38-26(30)28-25(32)16-6-5-7-18(12-16)29-39(33,34)19-10-8-17(27)9-11-19/h5-14,29H,4,15H2,1-3H3. The number of nitrogens with zero attached hydrogens (tertiary/aromatic N) is 2. The number of benzene rings is 3. The fourth-order valence-corrected chi connectivity index (χ4v) is 5.75. The van der Waals surface area contributed by atoms with E-state index in [0.29, 0.717) is 21.7 Å². The molecule has 1 heterocycles. The maximum atomic E-state index is 13.2. The minimum atomic E-state index is -4.02. The van der Waals surface area contributed by atoms with Gasteiger partial charge in [0.25, 0.3) is 15.9 Å². The number of methoxy groups -OCH3 is 2. The Morgan fingerprint density at radius 3 is 2.38 bits per heavy atom. The molecule has 4 aromatic rings. The van der Waals surface area contributed by atoms with Crippen molar-refractivity contribution in [1.29, 1.82) is 0 Å². The molecule has 0 atom stereocenters. The minimum absolute atomic E-state index is 0.101. The second kappa shape index (κ2) is 11.7. The third-order valence-electron chi connectivity index (χ3n) is 5.46. The second-order valence-corrected chi connectivity index (χ2v) is 10.7. The highest BCUT2D eigenvalue weighted by Crippen LogP contribution is 2.33. The average molecular weight is 574 g/mol. The summed E-state index contributed by atoms with van der Waals surface area (Å²) in [5, 5.41) is 0. The Bertz CT molecular complexity index is 1710. The maximum Gasteiger partial charge on any atom is 0.326 e. The number of rotatable bonds is 9. The van der Waals surface area contributed by atoms with E-state index in [4.69, 9.17) is 14.2 Å². The van der Waals surface area contributed by atoms with Gasteiger partial charge in [-0.15, -0.1) is 0 Å². The van der Waals surface area contributed by atoms with E-state index >= 15 is 0 Å². The number of carbonyl (C=O) groups is 2. The molecule has 0 aliphatic rings. The highest BCUT2D eigenvalue weighted by molar-refractivity contribution is 7.92. The smallest absolute Gasteiger partial charge is 0.326 e. The number of nitrogens with one attached hydrogen (secondary N) is 1. The Balaban J connectivity index is 1.73. The SMILES string of the molecule is CCOC(=O)Cn1c(=NC(=O)c2cccc(NS(=O)(=O)c3ccc(F)cc3)c2)sc2cc(OC)c(OC)cc21. The Hall–Kier alpha value is -4.23.